The van der Waals surface area contributed by atoms with Crippen molar-refractivity contribution in [3.8, 4) is 45.0 Å². The van der Waals surface area contributed by atoms with E-state index in [2.05, 4.69) is 62.3 Å². The standard InChI is InChI=1S/2C18H18N6/c2*1-12-10-14(11-15(20-12)24-8-5-9-24)17-16(21-18(19)23-22-17)13-6-3-2-4-7-13/h2*2-4,6-7,10-11H,5,8-9H2,1H3,(H2,19,21,23). The van der Waals surface area contributed by atoms with E-state index >= 15 is 0 Å². The summed E-state index contributed by atoms with van der Waals surface area (Å²) in [5, 5.41) is 16.6. The van der Waals surface area contributed by atoms with Crippen molar-refractivity contribution in [3.63, 3.8) is 0 Å². The Bertz CT molecular complexity index is 1900. The fourth-order valence-corrected chi connectivity index (χ4v) is 5.65. The van der Waals surface area contributed by atoms with Crippen LogP contribution in [-0.4, -0.2) is 66.5 Å². The lowest BCUT2D eigenvalue weighted by atomic mass is 10.0. The molecule has 0 radical (unpaired) electrons. The van der Waals surface area contributed by atoms with E-state index < -0.39 is 0 Å². The van der Waals surface area contributed by atoms with Crippen LogP contribution in [0, 0.1) is 13.8 Å². The Morgan fingerprint density at radius 3 is 1.21 bits per heavy atom. The highest BCUT2D eigenvalue weighted by molar-refractivity contribution is 5.80. The summed E-state index contributed by atoms with van der Waals surface area (Å²) in [6.07, 6.45) is 2.42. The number of hydrogen-bond donors (Lipinski definition) is 2. The second-order valence-corrected chi connectivity index (χ2v) is 11.9. The molecule has 0 aliphatic carbocycles. The number of pyridine rings is 2. The molecule has 6 aromatic rings. The topological polar surface area (TPSA) is 162 Å². The molecule has 2 aliphatic rings. The van der Waals surface area contributed by atoms with Gasteiger partial charge in [0, 0.05) is 59.8 Å². The van der Waals surface area contributed by atoms with Crippen molar-refractivity contribution < 1.29 is 0 Å². The van der Waals surface area contributed by atoms with Crippen LogP contribution < -0.4 is 21.3 Å². The molecule has 240 valence electrons. The summed E-state index contributed by atoms with van der Waals surface area (Å²) in [5.74, 6) is 2.31. The number of rotatable bonds is 6. The minimum atomic E-state index is 0.173. The summed E-state index contributed by atoms with van der Waals surface area (Å²) >= 11 is 0. The summed E-state index contributed by atoms with van der Waals surface area (Å²) in [5.41, 5.74) is 20.2. The first-order valence-electron chi connectivity index (χ1n) is 16.0. The van der Waals surface area contributed by atoms with Gasteiger partial charge in [0.2, 0.25) is 11.9 Å². The molecule has 8 rings (SSSR count). The van der Waals surface area contributed by atoms with Gasteiger partial charge in [-0.15, -0.1) is 20.4 Å². The average molecular weight is 637 g/mol. The number of aromatic nitrogens is 8. The summed E-state index contributed by atoms with van der Waals surface area (Å²) in [6.45, 7) is 8.18. The van der Waals surface area contributed by atoms with E-state index in [9.17, 15) is 0 Å². The molecular formula is C36H36N12. The quantitative estimate of drug-likeness (QED) is 0.240. The highest BCUT2D eigenvalue weighted by Gasteiger charge is 2.21. The van der Waals surface area contributed by atoms with Gasteiger partial charge in [0.05, 0.1) is 0 Å². The van der Waals surface area contributed by atoms with Gasteiger partial charge in [-0.3, -0.25) is 0 Å². The number of benzene rings is 2. The molecule has 2 aliphatic heterocycles. The number of anilines is 4. The first kappa shape index (κ1) is 30.6. The highest BCUT2D eigenvalue weighted by Crippen LogP contribution is 2.33. The number of hydrogen-bond acceptors (Lipinski definition) is 12. The van der Waals surface area contributed by atoms with Crippen LogP contribution in [0.4, 0.5) is 23.5 Å². The van der Waals surface area contributed by atoms with Crippen LogP contribution in [0.5, 0.6) is 0 Å². The first-order chi connectivity index (χ1) is 23.4. The second-order valence-electron chi connectivity index (χ2n) is 11.9. The Balaban J connectivity index is 0.000000152. The molecule has 0 saturated carbocycles. The Kier molecular flexibility index (Phi) is 8.52. The number of nitrogens with two attached hydrogens (primary N) is 2. The van der Waals surface area contributed by atoms with E-state index in [1.165, 1.54) is 12.8 Å². The molecule has 0 unspecified atom stereocenters. The van der Waals surface area contributed by atoms with Gasteiger partial charge >= 0.3 is 0 Å². The predicted molar refractivity (Wildman–Crippen MR) is 189 cm³/mol. The zero-order chi connectivity index (χ0) is 33.0. The van der Waals surface area contributed by atoms with Gasteiger partial charge in [0.25, 0.3) is 0 Å². The van der Waals surface area contributed by atoms with Crippen molar-refractivity contribution in [2.45, 2.75) is 26.7 Å². The van der Waals surface area contributed by atoms with Crippen LogP contribution in [0.15, 0.2) is 84.9 Å². The fraction of sp³-hybridized carbons (Fsp3) is 0.222. The third-order valence-electron chi connectivity index (χ3n) is 8.29. The molecule has 2 fully saturated rings. The maximum atomic E-state index is 5.78. The zero-order valence-corrected chi connectivity index (χ0v) is 27.0. The maximum Gasteiger partial charge on any atom is 0.240 e. The molecule has 0 amide bonds. The van der Waals surface area contributed by atoms with E-state index in [0.29, 0.717) is 0 Å². The van der Waals surface area contributed by atoms with E-state index in [-0.39, 0.29) is 11.9 Å². The van der Waals surface area contributed by atoms with E-state index in [1.807, 2.05) is 86.6 Å². The van der Waals surface area contributed by atoms with Gasteiger partial charge in [-0.05, 0) is 51.0 Å². The van der Waals surface area contributed by atoms with Crippen molar-refractivity contribution >= 4 is 23.5 Å². The van der Waals surface area contributed by atoms with E-state index in [4.69, 9.17) is 11.5 Å². The van der Waals surface area contributed by atoms with Crippen LogP contribution in [0.1, 0.15) is 24.2 Å². The molecule has 6 heterocycles. The van der Waals surface area contributed by atoms with E-state index in [1.54, 1.807) is 0 Å². The lowest BCUT2D eigenvalue weighted by Crippen LogP contribution is -2.37. The number of nitrogen functional groups attached to an aromatic ring is 2. The molecular weight excluding hydrogens is 600 g/mol. The summed E-state index contributed by atoms with van der Waals surface area (Å²) in [6, 6.07) is 28.0. The average Bonchev–Trinajstić information content (AvgIpc) is 3.04. The molecule has 4 N–H and O–H groups in total. The molecule has 12 nitrogen and oxygen atoms in total. The van der Waals surface area contributed by atoms with Crippen LogP contribution in [-0.2, 0) is 0 Å². The Morgan fingerprint density at radius 2 is 0.854 bits per heavy atom. The largest absolute Gasteiger partial charge is 0.366 e. The number of aryl methyl sites for hydroxylation is 2. The third-order valence-corrected chi connectivity index (χ3v) is 8.29. The smallest absolute Gasteiger partial charge is 0.240 e. The first-order valence-corrected chi connectivity index (χ1v) is 16.0. The van der Waals surface area contributed by atoms with Crippen molar-refractivity contribution in [2.75, 3.05) is 47.4 Å². The lowest BCUT2D eigenvalue weighted by Gasteiger charge is -2.32. The Hall–Kier alpha value is -6.04. The van der Waals surface area contributed by atoms with Gasteiger partial charge in [0.15, 0.2) is 0 Å². The predicted octanol–water partition coefficient (Wildman–Crippen LogP) is 5.40. The third kappa shape index (κ3) is 6.59. The minimum Gasteiger partial charge on any atom is -0.366 e. The van der Waals surface area contributed by atoms with Gasteiger partial charge in [-0.2, -0.15) is 0 Å². The Labute approximate surface area is 279 Å². The van der Waals surface area contributed by atoms with Gasteiger partial charge in [0.1, 0.15) is 34.4 Å². The van der Waals surface area contributed by atoms with Crippen molar-refractivity contribution in [1.29, 1.82) is 0 Å². The zero-order valence-electron chi connectivity index (χ0n) is 27.0. The maximum absolute atomic E-state index is 5.78. The molecule has 2 aromatic carbocycles. The number of nitrogens with zero attached hydrogens (tertiary/aromatic N) is 10. The van der Waals surface area contributed by atoms with Gasteiger partial charge in [-0.1, -0.05) is 60.7 Å². The van der Waals surface area contributed by atoms with Crippen LogP contribution >= 0.6 is 0 Å². The molecule has 0 bridgehead atoms. The van der Waals surface area contributed by atoms with Gasteiger partial charge < -0.3 is 21.3 Å². The minimum absolute atomic E-state index is 0.173. The molecule has 0 spiro atoms. The molecule has 48 heavy (non-hydrogen) atoms. The molecule has 4 aromatic heterocycles. The molecule has 0 atom stereocenters. The molecule has 12 heteroatoms. The summed E-state index contributed by atoms with van der Waals surface area (Å²) in [4.78, 5) is 22.6. The van der Waals surface area contributed by atoms with Crippen molar-refractivity contribution in [2.24, 2.45) is 0 Å². The van der Waals surface area contributed by atoms with E-state index in [0.717, 1.165) is 94.2 Å². The van der Waals surface area contributed by atoms with Crippen LogP contribution in [0.3, 0.4) is 0 Å². The van der Waals surface area contributed by atoms with Gasteiger partial charge in [-0.25, -0.2) is 19.9 Å². The fourth-order valence-electron chi connectivity index (χ4n) is 5.65. The monoisotopic (exact) mass is 636 g/mol. The van der Waals surface area contributed by atoms with Crippen LogP contribution in [0.25, 0.3) is 45.0 Å². The summed E-state index contributed by atoms with van der Waals surface area (Å²) < 4.78 is 0. The SMILES string of the molecule is Cc1cc(-c2nnc(N)nc2-c2ccccc2)cc(N2CCC2)n1.Cc1cc(-c2nnc(N)nc2-c2ccccc2)cc(N2CCC2)n1. The van der Waals surface area contributed by atoms with Crippen molar-refractivity contribution in [3.05, 3.63) is 96.3 Å². The lowest BCUT2D eigenvalue weighted by molar-refractivity contribution is 0.609. The van der Waals surface area contributed by atoms with Crippen molar-refractivity contribution in [1.82, 2.24) is 40.3 Å². The normalized spacial score (nSPS) is 13.6. The van der Waals surface area contributed by atoms with Crippen LogP contribution in [0.2, 0.25) is 0 Å². The Morgan fingerprint density at radius 1 is 0.458 bits per heavy atom. The summed E-state index contributed by atoms with van der Waals surface area (Å²) in [7, 11) is 0. The second kappa shape index (κ2) is 13.4. The highest BCUT2D eigenvalue weighted by atomic mass is 15.2. The molecule has 2 saturated heterocycles.